The van der Waals surface area contributed by atoms with Crippen molar-refractivity contribution >= 4 is 35.0 Å². The van der Waals surface area contributed by atoms with E-state index in [1.165, 1.54) is 24.3 Å². The van der Waals surface area contributed by atoms with Gasteiger partial charge in [-0.3, -0.25) is 9.59 Å². The molecule has 0 unspecified atom stereocenters. The molecule has 1 aromatic carbocycles. The van der Waals surface area contributed by atoms with Crippen LogP contribution in [-0.2, 0) is 20.9 Å². The van der Waals surface area contributed by atoms with Crippen molar-refractivity contribution in [3.8, 4) is 0 Å². The highest BCUT2D eigenvalue weighted by Gasteiger charge is 2.18. The van der Waals surface area contributed by atoms with Crippen LogP contribution >= 0.6 is 23.1 Å². The molecule has 1 heterocycles. The van der Waals surface area contributed by atoms with E-state index in [-0.39, 0.29) is 17.5 Å². The van der Waals surface area contributed by atoms with Gasteiger partial charge in [0, 0.05) is 9.77 Å². The van der Waals surface area contributed by atoms with Gasteiger partial charge in [-0.1, -0.05) is 18.2 Å². The molecule has 0 saturated heterocycles. The summed E-state index contributed by atoms with van der Waals surface area (Å²) in [6.07, 6.45) is -0.885. The van der Waals surface area contributed by atoms with Gasteiger partial charge < -0.3 is 10.1 Å². The molecule has 0 aliphatic heterocycles. The van der Waals surface area contributed by atoms with E-state index in [2.05, 4.69) is 5.32 Å². The van der Waals surface area contributed by atoms with Crippen LogP contribution in [0.5, 0.6) is 0 Å². The van der Waals surface area contributed by atoms with Crippen LogP contribution in [0.2, 0.25) is 0 Å². The molecule has 122 valence electrons. The number of amides is 1. The third-order valence-corrected chi connectivity index (χ3v) is 4.78. The van der Waals surface area contributed by atoms with E-state index in [0.29, 0.717) is 11.4 Å². The van der Waals surface area contributed by atoms with Gasteiger partial charge in [-0.05, 0) is 30.5 Å². The van der Waals surface area contributed by atoms with E-state index >= 15 is 0 Å². The number of carbonyl (C=O) groups is 2. The van der Waals surface area contributed by atoms with Crippen LogP contribution in [0, 0.1) is 5.82 Å². The van der Waals surface area contributed by atoms with Crippen molar-refractivity contribution in [2.75, 3.05) is 5.75 Å². The number of hydrogen-bond acceptors (Lipinski definition) is 5. The molecule has 1 N–H and O–H groups in total. The molecule has 0 spiro atoms. The first-order valence-corrected chi connectivity index (χ1v) is 8.79. The number of thiophene rings is 1. The van der Waals surface area contributed by atoms with Crippen LogP contribution < -0.4 is 5.32 Å². The van der Waals surface area contributed by atoms with Crippen LogP contribution in [0.4, 0.5) is 4.39 Å². The second-order valence-electron chi connectivity index (χ2n) is 4.65. The largest absolute Gasteiger partial charge is 0.452 e. The van der Waals surface area contributed by atoms with Gasteiger partial charge in [-0.2, -0.15) is 0 Å². The van der Waals surface area contributed by atoms with Crippen molar-refractivity contribution in [2.24, 2.45) is 0 Å². The Morgan fingerprint density at radius 3 is 2.78 bits per heavy atom. The molecule has 2 rings (SSSR count). The van der Waals surface area contributed by atoms with Crippen molar-refractivity contribution in [3.63, 3.8) is 0 Å². The summed E-state index contributed by atoms with van der Waals surface area (Å²) in [7, 11) is 0. The number of esters is 1. The summed E-state index contributed by atoms with van der Waals surface area (Å²) < 4.78 is 18.5. The van der Waals surface area contributed by atoms with Crippen molar-refractivity contribution in [1.82, 2.24) is 5.32 Å². The van der Waals surface area contributed by atoms with Gasteiger partial charge in [-0.25, -0.2) is 4.39 Å². The molecule has 2 aromatic rings. The Kier molecular flexibility index (Phi) is 6.61. The molecule has 0 radical (unpaired) electrons. The second-order valence-corrected chi connectivity index (χ2v) is 6.70. The molecule has 0 aliphatic carbocycles. The topological polar surface area (TPSA) is 55.4 Å². The molecule has 0 aliphatic rings. The zero-order valence-corrected chi connectivity index (χ0v) is 14.1. The molecule has 4 nitrogen and oxygen atoms in total. The first-order valence-electron chi connectivity index (χ1n) is 6.93. The van der Waals surface area contributed by atoms with Gasteiger partial charge >= 0.3 is 5.97 Å². The smallest absolute Gasteiger partial charge is 0.317 e. The fraction of sp³-hybridized carbons (Fsp3) is 0.250. The monoisotopic (exact) mass is 353 g/mol. The summed E-state index contributed by atoms with van der Waals surface area (Å²) in [6.45, 7) is 1.91. The fourth-order valence-electron chi connectivity index (χ4n) is 1.71. The number of halogens is 1. The van der Waals surface area contributed by atoms with Gasteiger partial charge in [-0.15, -0.1) is 23.1 Å². The number of ether oxygens (including phenoxy) is 1. The van der Waals surface area contributed by atoms with Crippen LogP contribution in [0.15, 0.2) is 46.7 Å². The first kappa shape index (κ1) is 17.5. The summed E-state index contributed by atoms with van der Waals surface area (Å²) in [4.78, 5) is 25.0. The fourth-order valence-corrected chi connectivity index (χ4v) is 3.08. The summed E-state index contributed by atoms with van der Waals surface area (Å²) in [5, 5.41) is 4.62. The van der Waals surface area contributed by atoms with Crippen LogP contribution in [0.25, 0.3) is 0 Å². The van der Waals surface area contributed by atoms with Crippen molar-refractivity contribution in [1.29, 1.82) is 0 Å². The predicted molar refractivity (Wildman–Crippen MR) is 88.8 cm³/mol. The molecular formula is C16H16FNO3S2. The lowest BCUT2D eigenvalue weighted by atomic mass is 10.3. The number of hydrogen-bond donors (Lipinski definition) is 1. The Morgan fingerprint density at radius 1 is 1.30 bits per heavy atom. The third kappa shape index (κ3) is 5.69. The number of carbonyl (C=O) groups excluding carboxylic acids is 2. The molecule has 1 aromatic heterocycles. The second kappa shape index (κ2) is 8.69. The van der Waals surface area contributed by atoms with Gasteiger partial charge in [0.25, 0.3) is 5.91 Å². The van der Waals surface area contributed by atoms with E-state index in [1.807, 2.05) is 17.5 Å². The average molecular weight is 353 g/mol. The summed E-state index contributed by atoms with van der Waals surface area (Å²) in [6, 6.07) is 10.00. The van der Waals surface area contributed by atoms with E-state index in [0.717, 1.165) is 16.6 Å². The minimum Gasteiger partial charge on any atom is -0.452 e. The number of nitrogens with one attached hydrogen (secondary N) is 1. The van der Waals surface area contributed by atoms with Gasteiger partial charge in [0.15, 0.2) is 6.10 Å². The van der Waals surface area contributed by atoms with Crippen molar-refractivity contribution < 1.29 is 18.7 Å². The van der Waals surface area contributed by atoms with E-state index in [1.54, 1.807) is 18.2 Å². The zero-order valence-electron chi connectivity index (χ0n) is 12.5. The molecule has 0 fully saturated rings. The molecule has 0 saturated carbocycles. The average Bonchev–Trinajstić information content (AvgIpc) is 3.05. The van der Waals surface area contributed by atoms with Gasteiger partial charge in [0.1, 0.15) is 5.82 Å². The van der Waals surface area contributed by atoms with E-state index in [9.17, 15) is 14.0 Å². The SMILES string of the molecule is C[C@H](OC(=O)CSc1ccccc1F)C(=O)NCc1cccs1. The third-order valence-electron chi connectivity index (χ3n) is 2.88. The normalized spacial score (nSPS) is 11.7. The van der Waals surface area contributed by atoms with Crippen LogP contribution in [-0.4, -0.2) is 23.7 Å². The predicted octanol–water partition coefficient (Wildman–Crippen LogP) is 3.23. The number of benzene rings is 1. The van der Waals surface area contributed by atoms with Crippen LogP contribution in [0.1, 0.15) is 11.8 Å². The number of rotatable bonds is 7. The highest BCUT2D eigenvalue weighted by Crippen LogP contribution is 2.21. The van der Waals surface area contributed by atoms with E-state index in [4.69, 9.17) is 4.74 Å². The minimum absolute atomic E-state index is 0.0521. The Labute approximate surface area is 142 Å². The maximum atomic E-state index is 13.4. The molecule has 0 bridgehead atoms. The molecular weight excluding hydrogens is 337 g/mol. The standard InChI is InChI=1S/C16H16FNO3S2/c1-11(16(20)18-9-12-5-4-8-22-12)21-15(19)10-23-14-7-3-2-6-13(14)17/h2-8,11H,9-10H2,1H3,(H,18,20)/t11-/m0/s1. The lowest BCUT2D eigenvalue weighted by molar-refractivity contribution is -0.152. The quantitative estimate of drug-likeness (QED) is 0.613. The Balaban J connectivity index is 1.73. The van der Waals surface area contributed by atoms with Crippen LogP contribution in [0.3, 0.4) is 0 Å². The summed E-state index contributed by atoms with van der Waals surface area (Å²) in [5.74, 6) is -1.35. The maximum Gasteiger partial charge on any atom is 0.317 e. The highest BCUT2D eigenvalue weighted by atomic mass is 32.2. The molecule has 1 amide bonds. The van der Waals surface area contributed by atoms with Gasteiger partial charge in [0.2, 0.25) is 0 Å². The zero-order chi connectivity index (χ0) is 16.7. The highest BCUT2D eigenvalue weighted by molar-refractivity contribution is 8.00. The van der Waals surface area contributed by atoms with Crippen molar-refractivity contribution in [3.05, 3.63) is 52.5 Å². The minimum atomic E-state index is -0.885. The van der Waals surface area contributed by atoms with Gasteiger partial charge in [0.05, 0.1) is 12.3 Å². The Morgan fingerprint density at radius 2 is 2.09 bits per heavy atom. The molecule has 23 heavy (non-hydrogen) atoms. The van der Waals surface area contributed by atoms with E-state index < -0.39 is 12.1 Å². The maximum absolute atomic E-state index is 13.4. The summed E-state index contributed by atoms with van der Waals surface area (Å²) in [5.41, 5.74) is 0. The molecule has 7 heteroatoms. The lowest BCUT2D eigenvalue weighted by Gasteiger charge is -2.13. The Hall–Kier alpha value is -1.86. The number of thioether (sulfide) groups is 1. The molecule has 1 atom stereocenters. The van der Waals surface area contributed by atoms with Crippen molar-refractivity contribution in [2.45, 2.75) is 24.5 Å². The summed E-state index contributed by atoms with van der Waals surface area (Å²) >= 11 is 2.58. The first-order chi connectivity index (χ1) is 11.1. The Bertz CT molecular complexity index is 661. The lowest BCUT2D eigenvalue weighted by Crippen LogP contribution is -2.35.